The minimum absolute atomic E-state index is 0.0539. The summed E-state index contributed by atoms with van der Waals surface area (Å²) in [6.07, 6.45) is -0.584. The molecule has 0 aliphatic heterocycles. The van der Waals surface area contributed by atoms with Gasteiger partial charge in [0.2, 0.25) is 0 Å². The highest BCUT2D eigenvalue weighted by Crippen LogP contribution is 2.12. The number of carboxylic acids is 1. The second-order valence-corrected chi connectivity index (χ2v) is 7.88. The van der Waals surface area contributed by atoms with Gasteiger partial charge < -0.3 is 19.9 Å². The van der Waals surface area contributed by atoms with Crippen LogP contribution in [0.5, 0.6) is 0 Å². The number of amides is 1. The standard InChI is InChI=1S/C23H27NO6/c1-23(2,3)30-20(25)14-17-11-9-16(10-12-17)13-19(21(26)27)24-22(28)29-15-18-7-5-4-6-8-18/h4-12,19H,13-15H2,1-3H3,(H,24,28)(H,26,27)/t19-/m0/s1. The van der Waals surface area contributed by atoms with E-state index in [2.05, 4.69) is 5.32 Å². The Hall–Kier alpha value is -3.35. The smallest absolute Gasteiger partial charge is 0.408 e. The molecule has 2 aromatic rings. The van der Waals surface area contributed by atoms with Crippen LogP contribution in [0.2, 0.25) is 0 Å². The summed E-state index contributed by atoms with van der Waals surface area (Å²) in [7, 11) is 0. The molecule has 0 radical (unpaired) electrons. The van der Waals surface area contributed by atoms with Gasteiger partial charge in [-0.05, 0) is 37.5 Å². The van der Waals surface area contributed by atoms with Gasteiger partial charge in [0.1, 0.15) is 18.2 Å². The number of rotatable bonds is 8. The van der Waals surface area contributed by atoms with E-state index in [9.17, 15) is 19.5 Å². The molecule has 1 amide bonds. The number of carbonyl (C=O) groups is 3. The van der Waals surface area contributed by atoms with Crippen LogP contribution in [-0.4, -0.2) is 34.8 Å². The fourth-order valence-electron chi connectivity index (χ4n) is 2.68. The molecule has 0 fully saturated rings. The van der Waals surface area contributed by atoms with Crippen LogP contribution in [0.3, 0.4) is 0 Å². The summed E-state index contributed by atoms with van der Waals surface area (Å²) < 4.78 is 10.4. The lowest BCUT2D eigenvalue weighted by Crippen LogP contribution is -2.42. The third-order valence-corrected chi connectivity index (χ3v) is 4.03. The molecule has 0 aromatic heterocycles. The van der Waals surface area contributed by atoms with Gasteiger partial charge in [-0.2, -0.15) is 0 Å². The summed E-state index contributed by atoms with van der Waals surface area (Å²) in [5, 5.41) is 11.8. The summed E-state index contributed by atoms with van der Waals surface area (Å²) in [5.41, 5.74) is 1.72. The number of benzene rings is 2. The Kier molecular flexibility index (Phi) is 7.98. The third kappa shape index (κ3) is 8.34. The molecule has 0 bridgehead atoms. The molecule has 0 spiro atoms. The Labute approximate surface area is 176 Å². The van der Waals surface area contributed by atoms with Crippen molar-refractivity contribution in [2.24, 2.45) is 0 Å². The fourth-order valence-corrected chi connectivity index (χ4v) is 2.68. The number of esters is 1. The van der Waals surface area contributed by atoms with Crippen molar-refractivity contribution in [2.75, 3.05) is 0 Å². The van der Waals surface area contributed by atoms with E-state index in [0.29, 0.717) is 5.56 Å². The second-order valence-electron chi connectivity index (χ2n) is 7.88. The minimum atomic E-state index is -1.16. The van der Waals surface area contributed by atoms with Crippen molar-refractivity contribution in [3.05, 3.63) is 71.3 Å². The number of hydrogen-bond acceptors (Lipinski definition) is 5. The zero-order valence-corrected chi connectivity index (χ0v) is 17.4. The van der Waals surface area contributed by atoms with E-state index in [-0.39, 0.29) is 25.4 Å². The Morgan fingerprint density at radius 3 is 2.10 bits per heavy atom. The van der Waals surface area contributed by atoms with Gasteiger partial charge in [0.25, 0.3) is 0 Å². The van der Waals surface area contributed by atoms with Gasteiger partial charge in [0.05, 0.1) is 6.42 Å². The molecular weight excluding hydrogens is 386 g/mol. The van der Waals surface area contributed by atoms with E-state index in [0.717, 1.165) is 11.1 Å². The number of carbonyl (C=O) groups excluding carboxylic acids is 2. The molecule has 1 atom stereocenters. The maximum absolute atomic E-state index is 12.0. The second kappa shape index (κ2) is 10.4. The van der Waals surface area contributed by atoms with Gasteiger partial charge in [0.15, 0.2) is 0 Å². The summed E-state index contributed by atoms with van der Waals surface area (Å²) in [6, 6.07) is 14.9. The highest BCUT2D eigenvalue weighted by atomic mass is 16.6. The number of carboxylic acid groups (broad SMARTS) is 1. The lowest BCUT2D eigenvalue weighted by atomic mass is 10.0. The average molecular weight is 413 g/mol. The van der Waals surface area contributed by atoms with Crippen LogP contribution < -0.4 is 5.32 Å². The van der Waals surface area contributed by atoms with E-state index in [1.165, 1.54) is 0 Å². The summed E-state index contributed by atoms with van der Waals surface area (Å²) in [5.74, 6) is -1.49. The molecule has 0 aliphatic rings. The van der Waals surface area contributed by atoms with Crippen molar-refractivity contribution in [3.8, 4) is 0 Å². The quantitative estimate of drug-likeness (QED) is 0.643. The Morgan fingerprint density at radius 1 is 0.933 bits per heavy atom. The summed E-state index contributed by atoms with van der Waals surface area (Å²) in [6.45, 7) is 5.46. The molecule has 0 unspecified atom stereocenters. The molecule has 2 N–H and O–H groups in total. The van der Waals surface area contributed by atoms with E-state index in [1.54, 1.807) is 57.2 Å². The number of hydrogen-bond donors (Lipinski definition) is 2. The molecule has 7 nitrogen and oxygen atoms in total. The van der Waals surface area contributed by atoms with Crippen molar-refractivity contribution in [1.29, 1.82) is 0 Å². The predicted octanol–water partition coefficient (Wildman–Crippen LogP) is 3.49. The number of ether oxygens (including phenoxy) is 2. The minimum Gasteiger partial charge on any atom is -0.480 e. The summed E-state index contributed by atoms with van der Waals surface area (Å²) in [4.78, 5) is 35.4. The normalized spacial score (nSPS) is 12.0. The van der Waals surface area contributed by atoms with Crippen LogP contribution in [-0.2, 0) is 38.5 Å². The SMILES string of the molecule is CC(C)(C)OC(=O)Cc1ccc(C[C@H](NC(=O)OCc2ccccc2)C(=O)O)cc1. The van der Waals surface area contributed by atoms with Gasteiger partial charge in [-0.15, -0.1) is 0 Å². The highest BCUT2D eigenvalue weighted by molar-refractivity contribution is 5.80. The molecule has 0 saturated heterocycles. The Bertz CT molecular complexity index is 856. The first kappa shape index (κ1) is 22.9. The van der Waals surface area contributed by atoms with Crippen LogP contribution in [0.15, 0.2) is 54.6 Å². The van der Waals surface area contributed by atoms with E-state index < -0.39 is 23.7 Å². The molecule has 160 valence electrons. The number of alkyl carbamates (subject to hydrolysis) is 1. The van der Waals surface area contributed by atoms with Crippen molar-refractivity contribution in [1.82, 2.24) is 5.32 Å². The molecule has 30 heavy (non-hydrogen) atoms. The summed E-state index contributed by atoms with van der Waals surface area (Å²) >= 11 is 0. The van der Waals surface area contributed by atoms with Crippen molar-refractivity contribution in [3.63, 3.8) is 0 Å². The first-order chi connectivity index (χ1) is 14.1. The van der Waals surface area contributed by atoms with Gasteiger partial charge >= 0.3 is 18.0 Å². The monoisotopic (exact) mass is 413 g/mol. The Balaban J connectivity index is 1.89. The van der Waals surface area contributed by atoms with Gasteiger partial charge in [-0.25, -0.2) is 9.59 Å². The molecule has 7 heteroatoms. The number of aliphatic carboxylic acids is 1. The maximum Gasteiger partial charge on any atom is 0.408 e. The molecule has 0 aliphatic carbocycles. The topological polar surface area (TPSA) is 102 Å². The lowest BCUT2D eigenvalue weighted by Gasteiger charge is -2.19. The third-order valence-electron chi connectivity index (χ3n) is 4.03. The van der Waals surface area contributed by atoms with Crippen LogP contribution in [0.25, 0.3) is 0 Å². The van der Waals surface area contributed by atoms with E-state index >= 15 is 0 Å². The van der Waals surface area contributed by atoms with Crippen molar-refractivity contribution >= 4 is 18.0 Å². The van der Waals surface area contributed by atoms with Crippen molar-refractivity contribution in [2.45, 2.75) is 51.9 Å². The van der Waals surface area contributed by atoms with E-state index in [4.69, 9.17) is 9.47 Å². The first-order valence-electron chi connectivity index (χ1n) is 9.62. The molecule has 2 rings (SSSR count). The van der Waals surface area contributed by atoms with Crippen molar-refractivity contribution < 1.29 is 29.0 Å². The predicted molar refractivity (Wildman–Crippen MR) is 111 cm³/mol. The zero-order chi connectivity index (χ0) is 22.1. The first-order valence-corrected chi connectivity index (χ1v) is 9.62. The Morgan fingerprint density at radius 2 is 1.53 bits per heavy atom. The van der Waals surface area contributed by atoms with Gasteiger partial charge in [-0.3, -0.25) is 4.79 Å². The molecular formula is C23H27NO6. The molecule has 0 saturated carbocycles. The maximum atomic E-state index is 12.0. The zero-order valence-electron chi connectivity index (χ0n) is 17.4. The van der Waals surface area contributed by atoms with E-state index in [1.807, 2.05) is 18.2 Å². The lowest BCUT2D eigenvalue weighted by molar-refractivity contribution is -0.154. The highest BCUT2D eigenvalue weighted by Gasteiger charge is 2.21. The average Bonchev–Trinajstić information content (AvgIpc) is 2.66. The largest absolute Gasteiger partial charge is 0.480 e. The van der Waals surface area contributed by atoms with Crippen LogP contribution >= 0.6 is 0 Å². The fraction of sp³-hybridized carbons (Fsp3) is 0.348. The van der Waals surface area contributed by atoms with Gasteiger partial charge in [0, 0.05) is 6.42 Å². The van der Waals surface area contributed by atoms with Crippen LogP contribution in [0.4, 0.5) is 4.79 Å². The van der Waals surface area contributed by atoms with Gasteiger partial charge in [-0.1, -0.05) is 54.6 Å². The number of nitrogens with one attached hydrogen (secondary N) is 1. The molecule has 0 heterocycles. The van der Waals surface area contributed by atoms with Crippen LogP contribution in [0.1, 0.15) is 37.5 Å². The molecule has 2 aromatic carbocycles. The van der Waals surface area contributed by atoms with Crippen LogP contribution in [0, 0.1) is 0 Å².